The van der Waals surface area contributed by atoms with Crippen molar-refractivity contribution < 1.29 is 22.8 Å². The first-order valence-electron chi connectivity index (χ1n) is 9.34. The highest BCUT2D eigenvalue weighted by atomic mass is 19.4. The molecule has 0 atom stereocenters. The Morgan fingerprint density at radius 1 is 1.21 bits per heavy atom. The summed E-state index contributed by atoms with van der Waals surface area (Å²) in [6.07, 6.45) is -1.97. The summed E-state index contributed by atoms with van der Waals surface area (Å²) in [7, 11) is 0. The molecule has 1 aromatic heterocycles. The van der Waals surface area contributed by atoms with Gasteiger partial charge in [-0.25, -0.2) is 0 Å². The van der Waals surface area contributed by atoms with Gasteiger partial charge >= 0.3 is 6.18 Å². The number of halogens is 3. The van der Waals surface area contributed by atoms with E-state index < -0.39 is 23.2 Å². The monoisotopic (exact) mass is 393 g/mol. The molecule has 0 unspecified atom stereocenters. The van der Waals surface area contributed by atoms with Crippen LogP contribution in [0.2, 0.25) is 0 Å². The van der Waals surface area contributed by atoms with Crippen molar-refractivity contribution in [1.82, 2.24) is 15.2 Å². The molecule has 28 heavy (non-hydrogen) atoms. The number of carbonyl (C=O) groups excluding carboxylic acids is 2. The van der Waals surface area contributed by atoms with Gasteiger partial charge in [0.05, 0.1) is 16.6 Å². The zero-order chi connectivity index (χ0) is 20.3. The number of piperidine rings is 1. The normalized spacial score (nSPS) is 15.6. The van der Waals surface area contributed by atoms with Gasteiger partial charge in [-0.2, -0.15) is 13.2 Å². The van der Waals surface area contributed by atoms with E-state index in [9.17, 15) is 22.8 Å². The summed E-state index contributed by atoms with van der Waals surface area (Å²) in [6.45, 7) is 3.04. The predicted molar refractivity (Wildman–Crippen MR) is 98.7 cm³/mol. The van der Waals surface area contributed by atoms with Crippen LogP contribution in [0.4, 0.5) is 13.2 Å². The second kappa shape index (κ2) is 8.16. The number of pyridine rings is 1. The Morgan fingerprint density at radius 2 is 1.89 bits per heavy atom. The molecule has 3 rings (SSSR count). The van der Waals surface area contributed by atoms with Gasteiger partial charge < -0.3 is 10.2 Å². The molecule has 150 valence electrons. The van der Waals surface area contributed by atoms with Crippen LogP contribution in [0.15, 0.2) is 30.5 Å². The number of carbonyl (C=O) groups is 2. The van der Waals surface area contributed by atoms with Crippen molar-refractivity contribution in [1.29, 1.82) is 0 Å². The van der Waals surface area contributed by atoms with Gasteiger partial charge in [-0.3, -0.25) is 14.6 Å². The largest absolute Gasteiger partial charge is 0.417 e. The lowest BCUT2D eigenvalue weighted by molar-refractivity contribution is -0.136. The first kappa shape index (κ1) is 20.1. The Labute approximate surface area is 160 Å². The highest BCUT2D eigenvalue weighted by Crippen LogP contribution is 2.37. The van der Waals surface area contributed by atoms with Crippen LogP contribution in [0.25, 0.3) is 10.9 Å². The SMILES string of the molecule is CCCNC(=O)C1CCN(C(=O)c2cnc3ccccc3c2C(F)(F)F)CC1. The third-order valence-electron chi connectivity index (χ3n) is 4.99. The van der Waals surface area contributed by atoms with Gasteiger partial charge in [0.1, 0.15) is 0 Å². The fraction of sp³-hybridized carbons (Fsp3) is 0.450. The zero-order valence-corrected chi connectivity index (χ0v) is 15.6. The molecule has 2 heterocycles. The first-order valence-corrected chi connectivity index (χ1v) is 9.34. The predicted octanol–water partition coefficient (Wildman–Crippen LogP) is 3.63. The smallest absolute Gasteiger partial charge is 0.356 e. The number of benzene rings is 1. The highest BCUT2D eigenvalue weighted by Gasteiger charge is 2.39. The number of hydrogen-bond donors (Lipinski definition) is 1. The second-order valence-corrected chi connectivity index (χ2v) is 6.92. The van der Waals surface area contributed by atoms with Gasteiger partial charge in [0.15, 0.2) is 0 Å². The quantitative estimate of drug-likeness (QED) is 0.863. The Balaban J connectivity index is 1.82. The Kier molecular flexibility index (Phi) is 5.86. The van der Waals surface area contributed by atoms with Crippen LogP contribution < -0.4 is 5.32 Å². The van der Waals surface area contributed by atoms with Crippen molar-refractivity contribution in [2.45, 2.75) is 32.4 Å². The minimum atomic E-state index is -4.67. The fourth-order valence-corrected chi connectivity index (χ4v) is 3.52. The maximum absolute atomic E-state index is 13.7. The highest BCUT2D eigenvalue weighted by molar-refractivity contribution is 6.00. The van der Waals surface area contributed by atoms with Crippen molar-refractivity contribution >= 4 is 22.7 Å². The molecule has 1 aromatic carbocycles. The molecular formula is C20H22F3N3O2. The number of rotatable bonds is 4. The maximum Gasteiger partial charge on any atom is 0.417 e. The number of nitrogens with one attached hydrogen (secondary N) is 1. The summed E-state index contributed by atoms with van der Waals surface area (Å²) < 4.78 is 41.2. The van der Waals surface area contributed by atoms with Crippen LogP contribution >= 0.6 is 0 Å². The van der Waals surface area contributed by atoms with E-state index in [1.165, 1.54) is 23.1 Å². The lowest BCUT2D eigenvalue weighted by atomic mass is 9.94. The van der Waals surface area contributed by atoms with Crippen molar-refractivity contribution in [3.8, 4) is 0 Å². The lowest BCUT2D eigenvalue weighted by Gasteiger charge is -2.32. The number of para-hydroxylation sites is 1. The van der Waals surface area contributed by atoms with E-state index in [-0.39, 0.29) is 35.8 Å². The number of hydrogen-bond acceptors (Lipinski definition) is 3. The van der Waals surface area contributed by atoms with Crippen molar-refractivity contribution in [3.63, 3.8) is 0 Å². The van der Waals surface area contributed by atoms with E-state index in [2.05, 4.69) is 10.3 Å². The van der Waals surface area contributed by atoms with Gasteiger partial charge in [-0.1, -0.05) is 25.1 Å². The van der Waals surface area contributed by atoms with Crippen LogP contribution in [0, 0.1) is 5.92 Å². The summed E-state index contributed by atoms with van der Waals surface area (Å²) in [5.74, 6) is -0.970. The van der Waals surface area contributed by atoms with Gasteiger partial charge in [0, 0.05) is 37.1 Å². The van der Waals surface area contributed by atoms with E-state index in [4.69, 9.17) is 0 Å². The fourth-order valence-electron chi connectivity index (χ4n) is 3.52. The van der Waals surface area contributed by atoms with E-state index in [1.807, 2.05) is 6.92 Å². The zero-order valence-electron chi connectivity index (χ0n) is 15.6. The molecule has 0 spiro atoms. The minimum absolute atomic E-state index is 0.0581. The molecule has 0 radical (unpaired) electrons. The van der Waals surface area contributed by atoms with Crippen LogP contribution in [0.5, 0.6) is 0 Å². The van der Waals surface area contributed by atoms with Crippen molar-refractivity contribution in [3.05, 3.63) is 41.6 Å². The van der Waals surface area contributed by atoms with E-state index >= 15 is 0 Å². The average Bonchev–Trinajstić information content (AvgIpc) is 2.70. The molecule has 2 amide bonds. The Hall–Kier alpha value is -2.64. The third-order valence-corrected chi connectivity index (χ3v) is 4.99. The van der Waals surface area contributed by atoms with Crippen LogP contribution in [-0.2, 0) is 11.0 Å². The minimum Gasteiger partial charge on any atom is -0.356 e. The molecule has 1 N–H and O–H groups in total. The topological polar surface area (TPSA) is 62.3 Å². The molecular weight excluding hydrogens is 371 g/mol. The van der Waals surface area contributed by atoms with Crippen molar-refractivity contribution in [2.75, 3.05) is 19.6 Å². The van der Waals surface area contributed by atoms with Crippen LogP contribution in [0.1, 0.15) is 42.1 Å². The van der Waals surface area contributed by atoms with E-state index in [0.717, 1.165) is 12.6 Å². The van der Waals surface area contributed by atoms with E-state index in [0.29, 0.717) is 19.4 Å². The van der Waals surface area contributed by atoms with Gasteiger partial charge in [0.2, 0.25) is 5.91 Å². The number of alkyl halides is 3. The standard InChI is InChI=1S/C20H22F3N3O2/c1-2-9-24-18(27)13-7-10-26(11-8-13)19(28)15-12-25-16-6-4-3-5-14(16)17(15)20(21,22)23/h3-6,12-13H,2,7-11H2,1H3,(H,24,27). The number of nitrogens with zero attached hydrogens (tertiary/aromatic N) is 2. The molecule has 5 nitrogen and oxygen atoms in total. The van der Waals surface area contributed by atoms with Gasteiger partial charge in [0.25, 0.3) is 5.91 Å². The summed E-state index contributed by atoms with van der Waals surface area (Å²) in [6, 6.07) is 5.91. The van der Waals surface area contributed by atoms with Gasteiger partial charge in [-0.15, -0.1) is 0 Å². The number of aromatic nitrogens is 1. The maximum atomic E-state index is 13.7. The molecule has 1 aliphatic rings. The molecule has 0 bridgehead atoms. The Morgan fingerprint density at radius 3 is 2.54 bits per heavy atom. The summed E-state index contributed by atoms with van der Waals surface area (Å²) >= 11 is 0. The Bertz CT molecular complexity index is 875. The molecule has 1 saturated heterocycles. The number of fused-ring (bicyclic) bond motifs is 1. The molecule has 1 aliphatic heterocycles. The van der Waals surface area contributed by atoms with Gasteiger partial charge in [-0.05, 0) is 25.3 Å². The molecule has 8 heteroatoms. The number of amides is 2. The van der Waals surface area contributed by atoms with E-state index in [1.54, 1.807) is 6.07 Å². The molecule has 0 aliphatic carbocycles. The molecule has 2 aromatic rings. The lowest BCUT2D eigenvalue weighted by Crippen LogP contribution is -2.43. The summed E-state index contributed by atoms with van der Waals surface area (Å²) in [5.41, 5.74) is -1.20. The number of likely N-dealkylation sites (tertiary alicyclic amines) is 1. The summed E-state index contributed by atoms with van der Waals surface area (Å²) in [5, 5.41) is 2.74. The second-order valence-electron chi connectivity index (χ2n) is 6.92. The first-order chi connectivity index (χ1) is 13.3. The molecule has 1 fully saturated rings. The third kappa shape index (κ3) is 4.10. The molecule has 0 saturated carbocycles. The van der Waals surface area contributed by atoms with Crippen LogP contribution in [0.3, 0.4) is 0 Å². The van der Waals surface area contributed by atoms with Crippen LogP contribution in [-0.4, -0.2) is 41.3 Å². The average molecular weight is 393 g/mol. The van der Waals surface area contributed by atoms with Crippen molar-refractivity contribution in [2.24, 2.45) is 5.92 Å². The summed E-state index contributed by atoms with van der Waals surface area (Å²) in [4.78, 5) is 30.3.